The lowest BCUT2D eigenvalue weighted by molar-refractivity contribution is -0.132. The molecule has 1 atom stereocenters. The Morgan fingerprint density at radius 1 is 1.14 bits per heavy atom. The van der Waals surface area contributed by atoms with Crippen LogP contribution in [0.25, 0.3) is 0 Å². The number of benzene rings is 1. The van der Waals surface area contributed by atoms with E-state index in [1.807, 2.05) is 23.1 Å². The van der Waals surface area contributed by atoms with E-state index in [-0.39, 0.29) is 18.4 Å². The number of nitrogens with one attached hydrogen (secondary N) is 2. The molecule has 1 fully saturated rings. The van der Waals surface area contributed by atoms with Crippen molar-refractivity contribution in [1.29, 1.82) is 0 Å². The van der Waals surface area contributed by atoms with Gasteiger partial charge in [0.1, 0.15) is 0 Å². The zero-order valence-corrected chi connectivity index (χ0v) is 16.5. The topological polar surface area (TPSA) is 104 Å². The van der Waals surface area contributed by atoms with Crippen LogP contribution in [0.2, 0.25) is 0 Å². The predicted molar refractivity (Wildman–Crippen MR) is 106 cm³/mol. The van der Waals surface area contributed by atoms with E-state index >= 15 is 0 Å². The van der Waals surface area contributed by atoms with Gasteiger partial charge in [0.25, 0.3) is 5.56 Å². The fourth-order valence-electron chi connectivity index (χ4n) is 4.10. The molecule has 154 valence electrons. The number of ether oxygens (including phenoxy) is 2. The van der Waals surface area contributed by atoms with Crippen LogP contribution >= 0.6 is 0 Å². The summed E-state index contributed by atoms with van der Waals surface area (Å²) in [4.78, 5) is 43.0. The Kier molecular flexibility index (Phi) is 5.42. The highest BCUT2D eigenvalue weighted by Crippen LogP contribution is 2.38. The van der Waals surface area contributed by atoms with Crippen molar-refractivity contribution in [2.24, 2.45) is 0 Å². The van der Waals surface area contributed by atoms with Gasteiger partial charge in [-0.25, -0.2) is 4.79 Å². The standard InChI is InChI=1S/C21H25N3O5/c1-13-15(20(26)23-21(27)22-13)6-8-19(25)24-9-2-4-16(24)14-5-7-17-18(12-14)29-11-3-10-28-17/h5,7,12,16H,2-4,6,8-11H2,1H3,(H2,22,23,26,27)/t16-/m0/s1. The first-order chi connectivity index (χ1) is 14.0. The van der Waals surface area contributed by atoms with Gasteiger partial charge in [0.15, 0.2) is 11.5 Å². The summed E-state index contributed by atoms with van der Waals surface area (Å²) in [5.74, 6) is 1.48. The lowest BCUT2D eigenvalue weighted by atomic mass is 10.0. The van der Waals surface area contributed by atoms with Crippen LogP contribution in [0.3, 0.4) is 0 Å². The Morgan fingerprint density at radius 2 is 1.93 bits per heavy atom. The minimum Gasteiger partial charge on any atom is -0.490 e. The molecule has 0 bridgehead atoms. The zero-order chi connectivity index (χ0) is 20.4. The largest absolute Gasteiger partial charge is 0.490 e. The lowest BCUT2D eigenvalue weighted by Gasteiger charge is -2.26. The number of carbonyl (C=O) groups excluding carboxylic acids is 1. The Labute approximate surface area is 167 Å². The summed E-state index contributed by atoms with van der Waals surface area (Å²) >= 11 is 0. The molecule has 4 rings (SSSR count). The normalized spacial score (nSPS) is 18.5. The highest BCUT2D eigenvalue weighted by atomic mass is 16.5. The molecule has 0 saturated carbocycles. The molecule has 29 heavy (non-hydrogen) atoms. The number of likely N-dealkylation sites (tertiary alicyclic amines) is 1. The van der Waals surface area contributed by atoms with Crippen molar-refractivity contribution in [2.75, 3.05) is 19.8 Å². The van der Waals surface area contributed by atoms with Crippen molar-refractivity contribution in [3.8, 4) is 11.5 Å². The minimum absolute atomic E-state index is 0.00427. The first-order valence-electron chi connectivity index (χ1n) is 10.0. The van der Waals surface area contributed by atoms with Crippen LogP contribution in [0.1, 0.15) is 48.5 Å². The quantitative estimate of drug-likeness (QED) is 0.816. The number of fused-ring (bicyclic) bond motifs is 1. The maximum atomic E-state index is 12.9. The van der Waals surface area contributed by atoms with Gasteiger partial charge in [-0.3, -0.25) is 14.6 Å². The van der Waals surface area contributed by atoms with Crippen molar-refractivity contribution in [3.63, 3.8) is 0 Å². The molecule has 3 heterocycles. The molecule has 1 amide bonds. The number of amides is 1. The zero-order valence-electron chi connectivity index (χ0n) is 16.5. The van der Waals surface area contributed by atoms with Gasteiger partial charge in [-0.15, -0.1) is 0 Å². The van der Waals surface area contributed by atoms with Gasteiger partial charge in [-0.05, 0) is 43.9 Å². The molecule has 1 saturated heterocycles. The fourth-order valence-corrected chi connectivity index (χ4v) is 4.10. The number of carbonyl (C=O) groups is 1. The molecule has 2 aliphatic rings. The lowest BCUT2D eigenvalue weighted by Crippen LogP contribution is -2.32. The van der Waals surface area contributed by atoms with Gasteiger partial charge < -0.3 is 19.4 Å². The summed E-state index contributed by atoms with van der Waals surface area (Å²) in [6.07, 6.45) is 3.19. The van der Waals surface area contributed by atoms with Crippen LogP contribution in [0.4, 0.5) is 0 Å². The number of H-pyrrole nitrogens is 2. The van der Waals surface area contributed by atoms with E-state index in [2.05, 4.69) is 9.97 Å². The number of hydrogen-bond acceptors (Lipinski definition) is 5. The van der Waals surface area contributed by atoms with Crippen molar-refractivity contribution >= 4 is 5.91 Å². The highest BCUT2D eigenvalue weighted by Gasteiger charge is 2.30. The van der Waals surface area contributed by atoms with E-state index in [4.69, 9.17) is 9.47 Å². The van der Waals surface area contributed by atoms with Gasteiger partial charge >= 0.3 is 5.69 Å². The molecule has 0 unspecified atom stereocenters. The van der Waals surface area contributed by atoms with Crippen molar-refractivity contribution in [3.05, 3.63) is 55.9 Å². The summed E-state index contributed by atoms with van der Waals surface area (Å²) in [6, 6.07) is 5.89. The third kappa shape index (κ3) is 4.06. The molecule has 0 spiro atoms. The molecule has 8 nitrogen and oxygen atoms in total. The number of nitrogens with zero attached hydrogens (tertiary/aromatic N) is 1. The van der Waals surface area contributed by atoms with Crippen molar-refractivity contribution in [2.45, 2.75) is 45.1 Å². The van der Waals surface area contributed by atoms with E-state index in [1.165, 1.54) is 0 Å². The number of aromatic amines is 2. The first-order valence-corrected chi connectivity index (χ1v) is 10.0. The average molecular weight is 399 g/mol. The second-order valence-electron chi connectivity index (χ2n) is 7.51. The van der Waals surface area contributed by atoms with E-state index in [1.54, 1.807) is 6.92 Å². The van der Waals surface area contributed by atoms with Crippen LogP contribution in [0.15, 0.2) is 27.8 Å². The molecular weight excluding hydrogens is 374 g/mol. The maximum absolute atomic E-state index is 12.9. The molecule has 2 aromatic rings. The number of aryl methyl sites for hydroxylation is 1. The van der Waals surface area contributed by atoms with Gasteiger partial charge in [0, 0.05) is 30.6 Å². The second kappa shape index (κ2) is 8.14. The van der Waals surface area contributed by atoms with Crippen LogP contribution < -0.4 is 20.7 Å². The van der Waals surface area contributed by atoms with Crippen LogP contribution in [-0.2, 0) is 11.2 Å². The van der Waals surface area contributed by atoms with Crippen molar-refractivity contribution in [1.82, 2.24) is 14.9 Å². The van der Waals surface area contributed by atoms with Gasteiger partial charge in [-0.2, -0.15) is 0 Å². The third-order valence-corrected chi connectivity index (χ3v) is 5.57. The van der Waals surface area contributed by atoms with Gasteiger partial charge in [-0.1, -0.05) is 6.07 Å². The van der Waals surface area contributed by atoms with Crippen LogP contribution in [0, 0.1) is 6.92 Å². The average Bonchev–Trinajstić information content (AvgIpc) is 3.06. The number of rotatable bonds is 4. The molecular formula is C21H25N3O5. The Morgan fingerprint density at radius 3 is 2.72 bits per heavy atom. The summed E-state index contributed by atoms with van der Waals surface area (Å²) < 4.78 is 11.5. The van der Waals surface area contributed by atoms with E-state index in [0.717, 1.165) is 36.3 Å². The third-order valence-electron chi connectivity index (χ3n) is 5.57. The molecule has 1 aromatic carbocycles. The second-order valence-corrected chi connectivity index (χ2v) is 7.51. The smallest absolute Gasteiger partial charge is 0.325 e. The van der Waals surface area contributed by atoms with Gasteiger partial charge in [0.05, 0.1) is 19.3 Å². The SMILES string of the molecule is Cc1[nH]c(=O)[nH]c(=O)c1CCC(=O)N1CCC[C@H]1c1ccc2c(c1)OCCCO2. The fraction of sp³-hybridized carbons (Fsp3) is 0.476. The summed E-state index contributed by atoms with van der Waals surface area (Å²) in [7, 11) is 0. The maximum Gasteiger partial charge on any atom is 0.325 e. The van der Waals surface area contributed by atoms with E-state index in [0.29, 0.717) is 37.4 Å². The highest BCUT2D eigenvalue weighted by molar-refractivity contribution is 5.77. The summed E-state index contributed by atoms with van der Waals surface area (Å²) in [6.45, 7) is 3.63. The number of aromatic nitrogens is 2. The Bertz CT molecular complexity index is 1030. The molecule has 2 aliphatic heterocycles. The van der Waals surface area contributed by atoms with Crippen molar-refractivity contribution < 1.29 is 14.3 Å². The Balaban J connectivity index is 1.48. The van der Waals surface area contributed by atoms with E-state index in [9.17, 15) is 14.4 Å². The molecule has 2 N–H and O–H groups in total. The van der Waals surface area contributed by atoms with Crippen LogP contribution in [-0.4, -0.2) is 40.5 Å². The first kappa shape index (κ1) is 19.3. The molecule has 8 heteroatoms. The summed E-state index contributed by atoms with van der Waals surface area (Å²) in [5.41, 5.74) is 1.03. The van der Waals surface area contributed by atoms with Crippen LogP contribution in [0.5, 0.6) is 11.5 Å². The van der Waals surface area contributed by atoms with Gasteiger partial charge in [0.2, 0.25) is 5.91 Å². The Hall–Kier alpha value is -3.03. The van der Waals surface area contributed by atoms with E-state index < -0.39 is 11.2 Å². The molecule has 1 aromatic heterocycles. The summed E-state index contributed by atoms with van der Waals surface area (Å²) in [5, 5.41) is 0. The predicted octanol–water partition coefficient (Wildman–Crippen LogP) is 1.83. The molecule has 0 radical (unpaired) electrons. The number of hydrogen-bond donors (Lipinski definition) is 2. The minimum atomic E-state index is -0.531. The monoisotopic (exact) mass is 399 g/mol. The molecule has 0 aliphatic carbocycles.